The Kier molecular flexibility index (Phi) is 4.74. The number of Topliss-reactive ketones (excluding diaryl/α,β-unsaturated/α-hetero) is 1. The van der Waals surface area contributed by atoms with Crippen molar-refractivity contribution in [2.75, 3.05) is 5.73 Å². The number of carbonyl (C=O) groups is 1. The van der Waals surface area contributed by atoms with Gasteiger partial charge in [0.05, 0.1) is 4.88 Å². The summed E-state index contributed by atoms with van der Waals surface area (Å²) in [6.45, 7) is 0.252. The van der Waals surface area contributed by atoms with Gasteiger partial charge in [0.1, 0.15) is 6.20 Å². The van der Waals surface area contributed by atoms with E-state index in [1.165, 1.54) is 11.3 Å². The molecule has 0 aliphatic carbocycles. The third kappa shape index (κ3) is 3.97. The van der Waals surface area contributed by atoms with Gasteiger partial charge in [-0.05, 0) is 17.7 Å². The number of nitrogen functional groups attached to an aromatic ring is 1. The van der Waals surface area contributed by atoms with E-state index in [-0.39, 0.29) is 12.3 Å². The Labute approximate surface area is 144 Å². The highest BCUT2D eigenvalue weighted by Crippen LogP contribution is 2.19. The van der Waals surface area contributed by atoms with Crippen LogP contribution in [0.3, 0.4) is 0 Å². The number of ketones is 1. The number of carbonyl (C=O) groups excluding carboxylic acids is 1. The zero-order valence-corrected chi connectivity index (χ0v) is 14.0. The molecule has 0 atom stereocenters. The molecule has 3 aromatic rings. The molecule has 2 aromatic carbocycles. The van der Waals surface area contributed by atoms with Crippen LogP contribution in [0.2, 0.25) is 5.02 Å². The normalized spacial score (nSPS) is 10.7. The van der Waals surface area contributed by atoms with Crippen molar-refractivity contribution in [1.82, 2.24) is 0 Å². The van der Waals surface area contributed by atoms with Crippen LogP contribution in [0.15, 0.2) is 60.8 Å². The number of hydrogen-bond acceptors (Lipinski definition) is 3. The minimum atomic E-state index is 0.0504. The van der Waals surface area contributed by atoms with Crippen molar-refractivity contribution < 1.29 is 9.36 Å². The van der Waals surface area contributed by atoms with Gasteiger partial charge >= 0.3 is 5.13 Å². The summed E-state index contributed by atoms with van der Waals surface area (Å²) in [5, 5.41) is 1.35. The maximum absolute atomic E-state index is 12.3. The Balaban J connectivity index is 1.75. The van der Waals surface area contributed by atoms with Gasteiger partial charge in [0.25, 0.3) is 0 Å². The van der Waals surface area contributed by atoms with Crippen molar-refractivity contribution in [1.29, 1.82) is 0 Å². The molecule has 2 N–H and O–H groups in total. The van der Waals surface area contributed by atoms with Gasteiger partial charge in [-0.1, -0.05) is 65.4 Å². The van der Waals surface area contributed by atoms with Crippen molar-refractivity contribution in [2.24, 2.45) is 0 Å². The Hall–Kier alpha value is -2.17. The van der Waals surface area contributed by atoms with Gasteiger partial charge in [0, 0.05) is 17.0 Å². The lowest BCUT2D eigenvalue weighted by molar-refractivity contribution is -0.664. The molecule has 1 heterocycles. The average molecular weight is 344 g/mol. The number of nitrogens with zero attached hydrogens (tertiary/aromatic N) is 1. The fraction of sp³-hybridized carbons (Fsp3) is 0.111. The summed E-state index contributed by atoms with van der Waals surface area (Å²) in [5.41, 5.74) is 7.88. The molecule has 0 aliphatic heterocycles. The first kappa shape index (κ1) is 15.7. The van der Waals surface area contributed by atoms with Gasteiger partial charge in [-0.3, -0.25) is 10.5 Å². The molecule has 0 unspecified atom stereocenters. The largest absolute Gasteiger partial charge is 0.332 e. The lowest BCUT2D eigenvalue weighted by atomic mass is 10.1. The molecule has 0 saturated carbocycles. The van der Waals surface area contributed by atoms with E-state index in [0.29, 0.717) is 10.7 Å². The molecule has 0 radical (unpaired) electrons. The van der Waals surface area contributed by atoms with E-state index < -0.39 is 0 Å². The Morgan fingerprint density at radius 2 is 1.91 bits per heavy atom. The zero-order chi connectivity index (χ0) is 16.2. The van der Waals surface area contributed by atoms with E-state index in [1.807, 2.05) is 60.8 Å². The van der Waals surface area contributed by atoms with E-state index in [2.05, 4.69) is 0 Å². The van der Waals surface area contributed by atoms with Crippen LogP contribution in [-0.4, -0.2) is 5.78 Å². The van der Waals surface area contributed by atoms with Crippen molar-refractivity contribution in [2.45, 2.75) is 13.0 Å². The van der Waals surface area contributed by atoms with Gasteiger partial charge in [-0.25, -0.2) is 4.57 Å². The number of thiazole rings is 1. The van der Waals surface area contributed by atoms with E-state index in [4.69, 9.17) is 17.3 Å². The lowest BCUT2D eigenvalue weighted by Gasteiger charge is -1.99. The number of halogens is 1. The van der Waals surface area contributed by atoms with E-state index >= 15 is 0 Å². The van der Waals surface area contributed by atoms with Crippen LogP contribution in [0.1, 0.15) is 20.8 Å². The molecule has 0 fully saturated rings. The molecule has 23 heavy (non-hydrogen) atoms. The smallest absolute Gasteiger partial charge is 0.290 e. The summed E-state index contributed by atoms with van der Waals surface area (Å²) in [6, 6.07) is 17.0. The first-order valence-electron chi connectivity index (χ1n) is 7.22. The highest BCUT2D eigenvalue weighted by Gasteiger charge is 2.16. The Morgan fingerprint density at radius 3 is 2.65 bits per heavy atom. The highest BCUT2D eigenvalue weighted by atomic mass is 35.5. The predicted molar refractivity (Wildman–Crippen MR) is 94.0 cm³/mol. The van der Waals surface area contributed by atoms with Crippen molar-refractivity contribution in [3.63, 3.8) is 0 Å². The van der Waals surface area contributed by atoms with Crippen LogP contribution >= 0.6 is 22.9 Å². The van der Waals surface area contributed by atoms with Crippen LogP contribution in [0.25, 0.3) is 0 Å². The number of nitrogens with two attached hydrogens (primary N) is 1. The maximum Gasteiger partial charge on any atom is 0.332 e. The van der Waals surface area contributed by atoms with Crippen LogP contribution in [-0.2, 0) is 13.0 Å². The van der Waals surface area contributed by atoms with Crippen molar-refractivity contribution in [3.05, 3.63) is 81.8 Å². The Morgan fingerprint density at radius 1 is 1.13 bits per heavy atom. The van der Waals surface area contributed by atoms with Crippen LogP contribution in [0.5, 0.6) is 0 Å². The number of benzene rings is 2. The van der Waals surface area contributed by atoms with Gasteiger partial charge in [0.2, 0.25) is 5.78 Å². The second-order valence-corrected chi connectivity index (χ2v) is 6.84. The first-order chi connectivity index (χ1) is 11.1. The Bertz CT molecular complexity index is 830. The number of hydrogen-bond donors (Lipinski definition) is 1. The third-order valence-corrected chi connectivity index (χ3v) is 4.69. The molecule has 0 spiro atoms. The fourth-order valence-electron chi connectivity index (χ4n) is 2.38. The first-order valence-corrected chi connectivity index (χ1v) is 8.41. The van der Waals surface area contributed by atoms with E-state index in [1.54, 1.807) is 4.57 Å². The molecule has 116 valence electrons. The molecule has 0 saturated heterocycles. The third-order valence-electron chi connectivity index (χ3n) is 3.50. The predicted octanol–water partition coefficient (Wildman–Crippen LogP) is 3.74. The number of anilines is 1. The summed E-state index contributed by atoms with van der Waals surface area (Å²) < 4.78 is 1.81. The molecule has 0 bridgehead atoms. The quantitative estimate of drug-likeness (QED) is 0.566. The molecular formula is C18H16ClN2OS+. The summed E-state index contributed by atoms with van der Waals surface area (Å²) >= 11 is 7.51. The highest BCUT2D eigenvalue weighted by molar-refractivity contribution is 7.14. The minimum absolute atomic E-state index is 0.0504. The molecular weight excluding hydrogens is 328 g/mol. The van der Waals surface area contributed by atoms with Gasteiger partial charge in [0.15, 0.2) is 6.54 Å². The summed E-state index contributed by atoms with van der Waals surface area (Å²) in [7, 11) is 0. The molecule has 1 aromatic heterocycles. The van der Waals surface area contributed by atoms with E-state index in [0.717, 1.165) is 21.9 Å². The van der Waals surface area contributed by atoms with Crippen LogP contribution in [0.4, 0.5) is 5.13 Å². The van der Waals surface area contributed by atoms with Gasteiger partial charge in [-0.15, -0.1) is 0 Å². The van der Waals surface area contributed by atoms with Crippen molar-refractivity contribution in [3.8, 4) is 0 Å². The maximum atomic E-state index is 12.3. The number of rotatable bonds is 5. The molecule has 0 aliphatic rings. The molecule has 3 nitrogen and oxygen atoms in total. The molecule has 5 heteroatoms. The standard InChI is InChI=1S/C18H15ClN2OS/c19-15-8-4-5-13(9-15)10-16-11-21(18(20)23-16)12-17(22)14-6-2-1-3-7-14/h1-9,11,20H,10,12H2/p+1. The summed E-state index contributed by atoms with van der Waals surface area (Å²) in [6.07, 6.45) is 2.70. The zero-order valence-electron chi connectivity index (χ0n) is 12.4. The monoisotopic (exact) mass is 343 g/mol. The molecule has 0 amide bonds. The lowest BCUT2D eigenvalue weighted by Crippen LogP contribution is -2.38. The van der Waals surface area contributed by atoms with Gasteiger partial charge in [-0.2, -0.15) is 0 Å². The average Bonchev–Trinajstić information content (AvgIpc) is 2.87. The fourth-order valence-corrected chi connectivity index (χ4v) is 3.51. The molecule has 3 rings (SSSR count). The second-order valence-electron chi connectivity index (χ2n) is 5.26. The van der Waals surface area contributed by atoms with E-state index in [9.17, 15) is 4.79 Å². The van der Waals surface area contributed by atoms with Crippen molar-refractivity contribution >= 4 is 33.9 Å². The SMILES string of the molecule is Nc1sc(Cc2cccc(Cl)c2)c[n+]1CC(=O)c1ccccc1. The number of aromatic nitrogens is 1. The topological polar surface area (TPSA) is 47.0 Å². The van der Waals surface area contributed by atoms with Crippen LogP contribution in [0, 0.1) is 0 Å². The van der Waals surface area contributed by atoms with Gasteiger partial charge < -0.3 is 0 Å². The summed E-state index contributed by atoms with van der Waals surface area (Å²) in [5.74, 6) is 0.0504. The van der Waals surface area contributed by atoms with Crippen LogP contribution < -0.4 is 10.3 Å². The minimum Gasteiger partial charge on any atom is -0.290 e. The summed E-state index contributed by atoms with van der Waals surface area (Å²) in [4.78, 5) is 13.4. The second kappa shape index (κ2) is 6.94.